The third-order valence-electron chi connectivity index (χ3n) is 3.09. The molecule has 10 heteroatoms. The molecule has 1 atom stereocenters. The normalized spacial score (nSPS) is 12.8. The molecule has 9 nitrogen and oxygen atoms in total. The first-order valence-electron chi connectivity index (χ1n) is 6.31. The lowest BCUT2D eigenvalue weighted by molar-refractivity contribution is 0.0122. The molecule has 22 heavy (non-hydrogen) atoms. The van der Waals surface area contributed by atoms with Gasteiger partial charge in [0, 0.05) is 20.3 Å². The van der Waals surface area contributed by atoms with Gasteiger partial charge in [0.2, 0.25) is 0 Å². The molecule has 2 aromatic rings. The van der Waals surface area contributed by atoms with E-state index < -0.39 is 22.7 Å². The minimum absolute atomic E-state index is 0.0990. The number of carbonyl (C=O) groups excluding carboxylic acids is 1. The van der Waals surface area contributed by atoms with Crippen molar-refractivity contribution in [2.45, 2.75) is 13.8 Å². The summed E-state index contributed by atoms with van der Waals surface area (Å²) in [5, 5.41) is 1.16. The van der Waals surface area contributed by atoms with Crippen LogP contribution in [0.5, 0.6) is 0 Å². The number of aromatic amines is 1. The standard InChI is InChI=1S/C12H17N5O4S/c1-6-5-17-10(7(6)2)14-9(13)8(12(17)19)11(18)15-22(20)21-16(3)4/h5,14H,13H2,1-4H3,(H,15,18). The lowest BCUT2D eigenvalue weighted by atomic mass is 10.2. The first-order valence-corrected chi connectivity index (χ1v) is 7.38. The van der Waals surface area contributed by atoms with E-state index >= 15 is 0 Å². The number of hydrogen-bond donors (Lipinski definition) is 3. The van der Waals surface area contributed by atoms with Crippen molar-refractivity contribution in [3.8, 4) is 0 Å². The second kappa shape index (κ2) is 5.91. The Balaban J connectivity index is 2.45. The van der Waals surface area contributed by atoms with Crippen LogP contribution >= 0.6 is 0 Å². The van der Waals surface area contributed by atoms with Crippen LogP contribution in [-0.4, -0.2) is 38.7 Å². The maximum absolute atomic E-state index is 12.4. The Morgan fingerprint density at radius 3 is 2.68 bits per heavy atom. The number of nitrogens with one attached hydrogen (secondary N) is 2. The number of carbonyl (C=O) groups is 1. The molecule has 0 aliphatic heterocycles. The molecule has 0 aromatic carbocycles. The highest BCUT2D eigenvalue weighted by Crippen LogP contribution is 2.15. The number of nitrogen functional groups attached to an aromatic ring is 1. The predicted octanol–water partition coefficient (Wildman–Crippen LogP) is -0.372. The second-order valence-electron chi connectivity index (χ2n) is 4.93. The van der Waals surface area contributed by atoms with Crippen LogP contribution in [0.3, 0.4) is 0 Å². The molecule has 0 saturated heterocycles. The number of fused-ring (bicyclic) bond motifs is 1. The van der Waals surface area contributed by atoms with Crippen molar-refractivity contribution in [1.29, 1.82) is 0 Å². The Kier molecular flexibility index (Phi) is 4.35. The van der Waals surface area contributed by atoms with Crippen LogP contribution in [0, 0.1) is 13.8 Å². The molecule has 2 rings (SSSR count). The third-order valence-corrected chi connectivity index (χ3v) is 3.87. The van der Waals surface area contributed by atoms with Crippen molar-refractivity contribution < 1.29 is 13.3 Å². The van der Waals surface area contributed by atoms with Gasteiger partial charge in [0.15, 0.2) is 0 Å². The molecule has 0 radical (unpaired) electrons. The van der Waals surface area contributed by atoms with Crippen LogP contribution < -0.4 is 16.0 Å². The van der Waals surface area contributed by atoms with E-state index in [2.05, 4.69) is 9.71 Å². The van der Waals surface area contributed by atoms with Crippen LogP contribution in [0.15, 0.2) is 11.0 Å². The van der Waals surface area contributed by atoms with Crippen LogP contribution in [0.1, 0.15) is 21.5 Å². The SMILES string of the molecule is Cc1cn2c(=O)c(C(=O)NS(=O)ON(C)C)c(N)[nH]c2c1C. The number of aromatic nitrogens is 2. The zero-order valence-corrected chi connectivity index (χ0v) is 13.4. The van der Waals surface area contributed by atoms with E-state index in [1.54, 1.807) is 6.20 Å². The maximum Gasteiger partial charge on any atom is 0.282 e. The average molecular weight is 327 g/mol. The number of nitrogens with zero attached hydrogens (tertiary/aromatic N) is 2. The number of hydroxylamine groups is 2. The highest BCUT2D eigenvalue weighted by molar-refractivity contribution is 7.78. The van der Waals surface area contributed by atoms with Gasteiger partial charge < -0.3 is 10.7 Å². The summed E-state index contributed by atoms with van der Waals surface area (Å²) in [6.07, 6.45) is 1.60. The summed E-state index contributed by atoms with van der Waals surface area (Å²) >= 11 is -2.12. The molecule has 120 valence electrons. The fraction of sp³-hybridized carbons (Fsp3) is 0.333. The Bertz CT molecular complexity index is 823. The molecule has 0 aliphatic carbocycles. The summed E-state index contributed by atoms with van der Waals surface area (Å²) in [6, 6.07) is 0. The molecule has 0 spiro atoms. The smallest absolute Gasteiger partial charge is 0.282 e. The van der Waals surface area contributed by atoms with E-state index in [1.807, 2.05) is 13.8 Å². The predicted molar refractivity (Wildman–Crippen MR) is 82.3 cm³/mol. The first kappa shape index (κ1) is 16.2. The van der Waals surface area contributed by atoms with Crippen LogP contribution in [-0.2, 0) is 15.6 Å². The molecule has 0 aliphatic rings. The summed E-state index contributed by atoms with van der Waals surface area (Å²) in [5.74, 6) is -0.983. The minimum Gasteiger partial charge on any atom is -0.384 e. The number of rotatable bonds is 4. The molecule has 2 aromatic heterocycles. The Labute approximate surface area is 128 Å². The molecule has 4 N–H and O–H groups in total. The molecular formula is C12H17N5O4S. The molecule has 1 unspecified atom stereocenters. The van der Waals surface area contributed by atoms with Crippen molar-refractivity contribution in [2.75, 3.05) is 19.8 Å². The van der Waals surface area contributed by atoms with Crippen LogP contribution in [0.25, 0.3) is 5.65 Å². The number of nitrogens with two attached hydrogens (primary N) is 1. The van der Waals surface area contributed by atoms with Gasteiger partial charge in [0.05, 0.1) is 0 Å². The summed E-state index contributed by atoms with van der Waals surface area (Å²) < 4.78 is 19.6. The van der Waals surface area contributed by atoms with E-state index in [-0.39, 0.29) is 11.4 Å². The van der Waals surface area contributed by atoms with Crippen molar-refractivity contribution in [2.24, 2.45) is 0 Å². The molecule has 0 fully saturated rings. The highest BCUT2D eigenvalue weighted by Gasteiger charge is 2.21. The third kappa shape index (κ3) is 2.89. The Morgan fingerprint density at radius 1 is 1.45 bits per heavy atom. The number of amides is 1. The second-order valence-corrected chi connectivity index (χ2v) is 5.75. The number of aryl methyl sites for hydroxylation is 2. The van der Waals surface area contributed by atoms with Crippen LogP contribution in [0.2, 0.25) is 0 Å². The van der Waals surface area contributed by atoms with Gasteiger partial charge in [-0.25, -0.2) is 8.93 Å². The number of H-pyrrole nitrogens is 1. The molecule has 0 saturated carbocycles. The Hall–Kier alpha value is -2.17. The van der Waals surface area contributed by atoms with Gasteiger partial charge in [-0.05, 0) is 25.0 Å². The van der Waals surface area contributed by atoms with Crippen LogP contribution in [0.4, 0.5) is 5.82 Å². The van der Waals surface area contributed by atoms with Crippen molar-refractivity contribution >= 4 is 28.6 Å². The summed E-state index contributed by atoms with van der Waals surface area (Å²) in [6.45, 7) is 3.67. The fourth-order valence-corrected chi connectivity index (χ4v) is 2.52. The summed E-state index contributed by atoms with van der Waals surface area (Å²) in [4.78, 5) is 27.3. The van der Waals surface area contributed by atoms with Gasteiger partial charge in [-0.1, -0.05) is 0 Å². The number of anilines is 1. The zero-order valence-electron chi connectivity index (χ0n) is 12.6. The molecule has 0 bridgehead atoms. The van der Waals surface area contributed by atoms with Gasteiger partial charge in [-0.2, -0.15) is 9.35 Å². The van der Waals surface area contributed by atoms with Crippen molar-refractivity contribution in [3.63, 3.8) is 0 Å². The maximum atomic E-state index is 12.4. The first-order chi connectivity index (χ1) is 10.2. The van der Waals surface area contributed by atoms with Gasteiger partial charge >= 0.3 is 0 Å². The quantitative estimate of drug-likeness (QED) is 0.659. The largest absolute Gasteiger partial charge is 0.384 e. The van der Waals surface area contributed by atoms with E-state index in [4.69, 9.17) is 10.0 Å². The molecule has 1 amide bonds. The van der Waals surface area contributed by atoms with Crippen molar-refractivity contribution in [3.05, 3.63) is 33.2 Å². The lowest BCUT2D eigenvalue weighted by Crippen LogP contribution is -2.36. The molecular weight excluding hydrogens is 310 g/mol. The molecule has 2 heterocycles. The van der Waals surface area contributed by atoms with Gasteiger partial charge in [0.1, 0.15) is 17.0 Å². The van der Waals surface area contributed by atoms with E-state index in [1.165, 1.54) is 18.5 Å². The van der Waals surface area contributed by atoms with E-state index in [0.29, 0.717) is 5.65 Å². The monoisotopic (exact) mass is 327 g/mol. The number of hydrogen-bond acceptors (Lipinski definition) is 6. The zero-order chi connectivity index (χ0) is 16.6. The fourth-order valence-electron chi connectivity index (χ4n) is 1.96. The lowest BCUT2D eigenvalue weighted by Gasteiger charge is -2.10. The highest BCUT2D eigenvalue weighted by atomic mass is 32.2. The van der Waals surface area contributed by atoms with Gasteiger partial charge in [-0.3, -0.25) is 14.0 Å². The summed E-state index contributed by atoms with van der Waals surface area (Å²) in [5.41, 5.74) is 7.10. The minimum atomic E-state index is -2.12. The summed E-state index contributed by atoms with van der Waals surface area (Å²) in [7, 11) is 3.01. The topological polar surface area (TPSA) is 122 Å². The van der Waals surface area contributed by atoms with E-state index in [9.17, 15) is 13.8 Å². The van der Waals surface area contributed by atoms with Gasteiger partial charge in [-0.15, -0.1) is 0 Å². The Morgan fingerprint density at radius 2 is 2.09 bits per heavy atom. The van der Waals surface area contributed by atoms with Crippen molar-refractivity contribution in [1.82, 2.24) is 19.2 Å². The van der Waals surface area contributed by atoms with E-state index in [0.717, 1.165) is 16.2 Å². The average Bonchev–Trinajstić information content (AvgIpc) is 2.65. The van der Waals surface area contributed by atoms with Gasteiger partial charge in [0.25, 0.3) is 22.7 Å².